The van der Waals surface area contributed by atoms with Crippen LogP contribution in [0.15, 0.2) is 53.0 Å². The minimum absolute atomic E-state index is 0.103. The minimum Gasteiger partial charge on any atom is -0.494 e. The SMILES string of the molecule is CCOc1ccc(-c2csc(=NC(=O)c3ccc(C)nc3)n2CCNC(C)=O)cc1. The van der Waals surface area contributed by atoms with Crippen molar-refractivity contribution in [3.63, 3.8) is 0 Å². The summed E-state index contributed by atoms with van der Waals surface area (Å²) in [6.45, 7) is 6.81. The lowest BCUT2D eigenvalue weighted by molar-refractivity contribution is -0.118. The zero-order valence-corrected chi connectivity index (χ0v) is 18.0. The van der Waals surface area contributed by atoms with E-state index in [1.807, 2.05) is 48.1 Å². The number of carbonyl (C=O) groups is 2. The van der Waals surface area contributed by atoms with E-state index in [9.17, 15) is 9.59 Å². The largest absolute Gasteiger partial charge is 0.494 e. The minimum atomic E-state index is -0.351. The Kier molecular flexibility index (Phi) is 7.13. The molecule has 0 atom stereocenters. The van der Waals surface area contributed by atoms with Crippen LogP contribution in [0, 0.1) is 6.92 Å². The Hall–Kier alpha value is -3.26. The molecule has 0 unspecified atom stereocenters. The lowest BCUT2D eigenvalue weighted by atomic mass is 10.1. The third-order valence-electron chi connectivity index (χ3n) is 4.32. The third kappa shape index (κ3) is 5.42. The van der Waals surface area contributed by atoms with Gasteiger partial charge in [0.2, 0.25) is 5.91 Å². The fourth-order valence-corrected chi connectivity index (χ4v) is 3.78. The number of benzene rings is 1. The highest BCUT2D eigenvalue weighted by molar-refractivity contribution is 7.07. The van der Waals surface area contributed by atoms with E-state index in [4.69, 9.17) is 4.74 Å². The number of nitrogens with one attached hydrogen (secondary N) is 1. The molecule has 3 aromatic rings. The molecule has 7 nitrogen and oxygen atoms in total. The smallest absolute Gasteiger partial charge is 0.281 e. The maximum absolute atomic E-state index is 12.6. The fourth-order valence-electron chi connectivity index (χ4n) is 2.84. The average Bonchev–Trinajstić information content (AvgIpc) is 3.11. The molecule has 3 rings (SSSR count). The summed E-state index contributed by atoms with van der Waals surface area (Å²) < 4.78 is 7.45. The van der Waals surface area contributed by atoms with Crippen LogP contribution >= 0.6 is 11.3 Å². The van der Waals surface area contributed by atoms with Crippen molar-refractivity contribution >= 4 is 23.2 Å². The van der Waals surface area contributed by atoms with Gasteiger partial charge >= 0.3 is 0 Å². The molecule has 8 heteroatoms. The topological polar surface area (TPSA) is 85.6 Å². The number of aryl methyl sites for hydroxylation is 1. The number of rotatable bonds is 7. The summed E-state index contributed by atoms with van der Waals surface area (Å²) in [5.41, 5.74) is 3.17. The van der Waals surface area contributed by atoms with Gasteiger partial charge in [-0.15, -0.1) is 11.3 Å². The second-order valence-corrected chi connectivity index (χ2v) is 7.44. The zero-order valence-electron chi connectivity index (χ0n) is 17.2. The summed E-state index contributed by atoms with van der Waals surface area (Å²) in [4.78, 5) is 33.0. The Morgan fingerprint density at radius 2 is 1.97 bits per heavy atom. The fraction of sp³-hybridized carbons (Fsp3) is 0.273. The number of hydrogen-bond acceptors (Lipinski definition) is 5. The van der Waals surface area contributed by atoms with E-state index in [2.05, 4.69) is 15.3 Å². The van der Waals surface area contributed by atoms with Gasteiger partial charge in [0.25, 0.3) is 5.91 Å². The van der Waals surface area contributed by atoms with Gasteiger partial charge in [0.1, 0.15) is 5.75 Å². The molecule has 0 spiro atoms. The monoisotopic (exact) mass is 424 g/mol. The van der Waals surface area contributed by atoms with E-state index in [0.717, 1.165) is 22.7 Å². The van der Waals surface area contributed by atoms with Gasteiger partial charge in [-0.3, -0.25) is 14.6 Å². The van der Waals surface area contributed by atoms with Crippen LogP contribution in [0.1, 0.15) is 29.9 Å². The molecule has 0 saturated heterocycles. The standard InChI is InChI=1S/C22H24N4O3S/c1-4-29-19-9-7-17(8-10-19)20-14-30-22(26(20)12-11-23-16(3)27)25-21(28)18-6-5-15(2)24-13-18/h5-10,13-14H,4,11-12H2,1-3H3,(H,23,27). The maximum atomic E-state index is 12.6. The van der Waals surface area contributed by atoms with Gasteiger partial charge in [-0.2, -0.15) is 4.99 Å². The molecule has 0 saturated carbocycles. The number of ether oxygens (including phenoxy) is 1. The number of pyridine rings is 1. The highest BCUT2D eigenvalue weighted by Crippen LogP contribution is 2.23. The number of aromatic nitrogens is 2. The van der Waals surface area contributed by atoms with Gasteiger partial charge in [-0.05, 0) is 55.8 Å². The molecule has 0 bridgehead atoms. The first kappa shape index (κ1) is 21.4. The Labute approximate surface area is 179 Å². The third-order valence-corrected chi connectivity index (χ3v) is 5.19. The first-order valence-electron chi connectivity index (χ1n) is 9.65. The predicted octanol–water partition coefficient (Wildman–Crippen LogP) is 3.20. The van der Waals surface area contributed by atoms with Crippen LogP contribution in [-0.2, 0) is 11.3 Å². The molecule has 0 radical (unpaired) electrons. The van der Waals surface area contributed by atoms with E-state index < -0.39 is 0 Å². The molecule has 2 amide bonds. The maximum Gasteiger partial charge on any atom is 0.281 e. The Balaban J connectivity index is 1.96. The van der Waals surface area contributed by atoms with Crippen LogP contribution in [0.5, 0.6) is 5.75 Å². The van der Waals surface area contributed by atoms with Gasteiger partial charge in [-0.1, -0.05) is 0 Å². The van der Waals surface area contributed by atoms with Gasteiger partial charge in [0.05, 0.1) is 17.9 Å². The first-order valence-corrected chi connectivity index (χ1v) is 10.5. The van der Waals surface area contributed by atoms with Crippen LogP contribution in [0.4, 0.5) is 0 Å². The van der Waals surface area contributed by atoms with E-state index >= 15 is 0 Å². The van der Waals surface area contributed by atoms with Gasteiger partial charge in [0.15, 0.2) is 4.80 Å². The lowest BCUT2D eigenvalue weighted by Crippen LogP contribution is -2.28. The van der Waals surface area contributed by atoms with Crippen LogP contribution in [-0.4, -0.2) is 34.5 Å². The molecule has 2 heterocycles. The van der Waals surface area contributed by atoms with Crippen molar-refractivity contribution in [2.75, 3.05) is 13.2 Å². The Bertz CT molecular complexity index is 1080. The van der Waals surface area contributed by atoms with E-state index in [1.54, 1.807) is 12.1 Å². The van der Waals surface area contributed by atoms with Crippen molar-refractivity contribution in [3.8, 4) is 17.0 Å². The summed E-state index contributed by atoms with van der Waals surface area (Å²) >= 11 is 1.38. The molecule has 0 aliphatic rings. The Morgan fingerprint density at radius 1 is 1.20 bits per heavy atom. The Morgan fingerprint density at radius 3 is 2.60 bits per heavy atom. The van der Waals surface area contributed by atoms with Crippen molar-refractivity contribution in [3.05, 3.63) is 64.0 Å². The van der Waals surface area contributed by atoms with Crippen LogP contribution in [0.3, 0.4) is 0 Å². The summed E-state index contributed by atoms with van der Waals surface area (Å²) in [6.07, 6.45) is 1.53. The lowest BCUT2D eigenvalue weighted by Gasteiger charge is -2.10. The molecule has 0 aliphatic heterocycles. The number of amides is 2. The highest BCUT2D eigenvalue weighted by Gasteiger charge is 2.11. The molecule has 156 valence electrons. The number of thiazole rings is 1. The number of hydrogen-bond donors (Lipinski definition) is 1. The molecule has 30 heavy (non-hydrogen) atoms. The van der Waals surface area contributed by atoms with Crippen molar-refractivity contribution in [2.24, 2.45) is 4.99 Å². The molecule has 1 aromatic carbocycles. The van der Waals surface area contributed by atoms with E-state index in [-0.39, 0.29) is 11.8 Å². The average molecular weight is 425 g/mol. The van der Waals surface area contributed by atoms with Crippen LogP contribution < -0.4 is 14.9 Å². The van der Waals surface area contributed by atoms with Crippen molar-refractivity contribution in [1.29, 1.82) is 0 Å². The van der Waals surface area contributed by atoms with Crippen molar-refractivity contribution < 1.29 is 14.3 Å². The normalized spacial score (nSPS) is 11.4. The van der Waals surface area contributed by atoms with Gasteiger partial charge < -0.3 is 14.6 Å². The second-order valence-electron chi connectivity index (χ2n) is 6.60. The summed E-state index contributed by atoms with van der Waals surface area (Å²) in [5.74, 6) is 0.345. The number of carbonyl (C=O) groups excluding carboxylic acids is 2. The van der Waals surface area contributed by atoms with Crippen molar-refractivity contribution in [1.82, 2.24) is 14.9 Å². The molecule has 2 aromatic heterocycles. The first-order chi connectivity index (χ1) is 14.5. The van der Waals surface area contributed by atoms with Gasteiger partial charge in [-0.25, -0.2) is 0 Å². The molecular formula is C22H24N4O3S. The van der Waals surface area contributed by atoms with Crippen LogP contribution in [0.25, 0.3) is 11.3 Å². The summed E-state index contributed by atoms with van der Waals surface area (Å²) in [5, 5.41) is 4.76. The molecular weight excluding hydrogens is 400 g/mol. The zero-order chi connectivity index (χ0) is 21.5. The predicted molar refractivity (Wildman–Crippen MR) is 116 cm³/mol. The molecule has 1 N–H and O–H groups in total. The van der Waals surface area contributed by atoms with E-state index in [0.29, 0.717) is 30.1 Å². The summed E-state index contributed by atoms with van der Waals surface area (Å²) in [6, 6.07) is 11.3. The summed E-state index contributed by atoms with van der Waals surface area (Å²) in [7, 11) is 0. The molecule has 0 aliphatic carbocycles. The van der Waals surface area contributed by atoms with E-state index in [1.165, 1.54) is 24.5 Å². The number of nitrogens with zero attached hydrogens (tertiary/aromatic N) is 3. The quantitative estimate of drug-likeness (QED) is 0.631. The highest BCUT2D eigenvalue weighted by atomic mass is 32.1. The molecule has 0 fully saturated rings. The van der Waals surface area contributed by atoms with Gasteiger partial charge in [0, 0.05) is 37.3 Å². The second kappa shape index (κ2) is 9.98. The van der Waals surface area contributed by atoms with Crippen molar-refractivity contribution in [2.45, 2.75) is 27.3 Å². The van der Waals surface area contributed by atoms with Crippen LogP contribution in [0.2, 0.25) is 0 Å².